The number of unbranched alkanes of at least 4 members (excludes halogenated alkanes) is 2. The Balaban J connectivity index is 1.97. The molecule has 0 saturated carbocycles. The first-order valence-corrected chi connectivity index (χ1v) is 11.0. The third-order valence-corrected chi connectivity index (χ3v) is 6.01. The summed E-state index contributed by atoms with van der Waals surface area (Å²) >= 11 is 0. The highest BCUT2D eigenvalue weighted by Crippen LogP contribution is 2.35. The number of carbonyl (C=O) groups is 2. The standard InChI is InChI=1S/C24H33N3O3/c1-3-4-5-11-20-23(18-9-6-10-19(28)16-18)22(24(25)30)17(2)27(20)15-8-14-26-13-7-12-21(26)29/h6,9-10,16,28H,3-5,7-8,11-15H2,1-2H3,(H2,25,30). The first-order chi connectivity index (χ1) is 14.4. The maximum Gasteiger partial charge on any atom is 0.251 e. The van der Waals surface area contributed by atoms with Crippen molar-refractivity contribution in [2.75, 3.05) is 13.1 Å². The average molecular weight is 412 g/mol. The molecule has 0 unspecified atom stereocenters. The van der Waals surface area contributed by atoms with Gasteiger partial charge in [0.2, 0.25) is 5.91 Å². The Morgan fingerprint density at radius 1 is 1.20 bits per heavy atom. The molecule has 1 aliphatic heterocycles. The normalized spacial score (nSPS) is 13.9. The topological polar surface area (TPSA) is 88.6 Å². The summed E-state index contributed by atoms with van der Waals surface area (Å²) in [6, 6.07) is 7.02. The number of carbonyl (C=O) groups excluding carboxylic acids is 2. The third-order valence-electron chi connectivity index (χ3n) is 6.01. The van der Waals surface area contributed by atoms with E-state index < -0.39 is 5.91 Å². The molecular weight excluding hydrogens is 378 g/mol. The van der Waals surface area contributed by atoms with Crippen LogP contribution in [0.3, 0.4) is 0 Å². The number of nitrogens with zero attached hydrogens (tertiary/aromatic N) is 2. The second-order valence-electron chi connectivity index (χ2n) is 8.14. The number of rotatable bonds is 10. The van der Waals surface area contributed by atoms with Crippen molar-refractivity contribution < 1.29 is 14.7 Å². The molecule has 6 nitrogen and oxygen atoms in total. The number of aromatic nitrogens is 1. The quantitative estimate of drug-likeness (QED) is 0.579. The highest BCUT2D eigenvalue weighted by Gasteiger charge is 2.25. The predicted octanol–water partition coefficient (Wildman–Crippen LogP) is 4.01. The highest BCUT2D eigenvalue weighted by molar-refractivity contribution is 6.02. The minimum absolute atomic E-state index is 0.167. The molecule has 3 N–H and O–H groups in total. The lowest BCUT2D eigenvalue weighted by Gasteiger charge is -2.18. The summed E-state index contributed by atoms with van der Waals surface area (Å²) in [4.78, 5) is 26.3. The third kappa shape index (κ3) is 4.69. The van der Waals surface area contributed by atoms with Crippen LogP contribution in [0.25, 0.3) is 11.1 Å². The van der Waals surface area contributed by atoms with E-state index in [4.69, 9.17) is 5.73 Å². The molecule has 1 saturated heterocycles. The van der Waals surface area contributed by atoms with Gasteiger partial charge in [0.05, 0.1) is 5.56 Å². The van der Waals surface area contributed by atoms with Crippen molar-refractivity contribution in [1.29, 1.82) is 0 Å². The Morgan fingerprint density at radius 2 is 2.00 bits per heavy atom. The Labute approximate surface area is 178 Å². The SMILES string of the molecule is CCCCCc1c(-c2cccc(O)c2)c(C(N)=O)c(C)n1CCCN1CCCC1=O. The Hall–Kier alpha value is -2.76. The van der Waals surface area contributed by atoms with Gasteiger partial charge in [0.25, 0.3) is 5.91 Å². The van der Waals surface area contributed by atoms with Gasteiger partial charge in [-0.15, -0.1) is 0 Å². The molecule has 2 heterocycles. The number of phenols is 1. The van der Waals surface area contributed by atoms with Crippen LogP contribution in [0, 0.1) is 6.92 Å². The van der Waals surface area contributed by atoms with Gasteiger partial charge in [0.1, 0.15) is 5.75 Å². The van der Waals surface area contributed by atoms with Crippen LogP contribution in [0.15, 0.2) is 24.3 Å². The lowest BCUT2D eigenvalue weighted by Crippen LogP contribution is -2.26. The van der Waals surface area contributed by atoms with Crippen LogP contribution in [0.2, 0.25) is 0 Å². The molecule has 1 fully saturated rings. The second-order valence-corrected chi connectivity index (χ2v) is 8.14. The number of hydrogen-bond donors (Lipinski definition) is 2. The molecular formula is C24H33N3O3. The molecule has 0 spiro atoms. The average Bonchev–Trinajstić information content (AvgIpc) is 3.23. The molecule has 2 aromatic rings. The van der Waals surface area contributed by atoms with Gasteiger partial charge >= 0.3 is 0 Å². The van der Waals surface area contributed by atoms with E-state index in [0.717, 1.165) is 80.7 Å². The summed E-state index contributed by atoms with van der Waals surface area (Å²) in [7, 11) is 0. The zero-order valence-electron chi connectivity index (χ0n) is 18.1. The zero-order chi connectivity index (χ0) is 21.7. The minimum atomic E-state index is -0.448. The smallest absolute Gasteiger partial charge is 0.251 e. The molecule has 0 bridgehead atoms. The lowest BCUT2D eigenvalue weighted by molar-refractivity contribution is -0.127. The van der Waals surface area contributed by atoms with Crippen LogP contribution in [0.5, 0.6) is 5.75 Å². The van der Waals surface area contributed by atoms with Crippen LogP contribution in [-0.4, -0.2) is 39.5 Å². The molecule has 6 heteroatoms. The summed E-state index contributed by atoms with van der Waals surface area (Å²) in [5.41, 5.74) is 9.94. The summed E-state index contributed by atoms with van der Waals surface area (Å²) in [5, 5.41) is 10.0. The molecule has 2 amide bonds. The fourth-order valence-electron chi connectivity index (χ4n) is 4.54. The molecule has 30 heavy (non-hydrogen) atoms. The maximum atomic E-state index is 12.4. The van der Waals surface area contributed by atoms with E-state index >= 15 is 0 Å². The first-order valence-electron chi connectivity index (χ1n) is 11.0. The van der Waals surface area contributed by atoms with Crippen molar-refractivity contribution in [3.8, 4) is 16.9 Å². The molecule has 0 atom stereocenters. The minimum Gasteiger partial charge on any atom is -0.508 e. The summed E-state index contributed by atoms with van der Waals surface area (Å²) in [6.45, 7) is 6.42. The van der Waals surface area contributed by atoms with Crippen LogP contribution in [0.1, 0.15) is 67.2 Å². The largest absolute Gasteiger partial charge is 0.508 e. The fourth-order valence-corrected chi connectivity index (χ4v) is 4.54. The predicted molar refractivity (Wildman–Crippen MR) is 118 cm³/mol. The van der Waals surface area contributed by atoms with Gasteiger partial charge < -0.3 is 20.3 Å². The van der Waals surface area contributed by atoms with Crippen LogP contribution < -0.4 is 5.73 Å². The summed E-state index contributed by atoms with van der Waals surface area (Å²) < 4.78 is 2.20. The van der Waals surface area contributed by atoms with E-state index in [1.54, 1.807) is 18.2 Å². The van der Waals surface area contributed by atoms with Crippen molar-refractivity contribution in [1.82, 2.24) is 9.47 Å². The highest BCUT2D eigenvalue weighted by atomic mass is 16.3. The Bertz CT molecular complexity index is 917. The fraction of sp³-hybridized carbons (Fsp3) is 0.500. The number of hydrogen-bond acceptors (Lipinski definition) is 3. The van der Waals surface area contributed by atoms with E-state index in [2.05, 4.69) is 11.5 Å². The number of amides is 2. The van der Waals surface area contributed by atoms with Gasteiger partial charge in [-0.1, -0.05) is 31.9 Å². The van der Waals surface area contributed by atoms with Crippen LogP contribution in [-0.2, 0) is 17.8 Å². The van der Waals surface area contributed by atoms with Gasteiger partial charge in [0.15, 0.2) is 0 Å². The Morgan fingerprint density at radius 3 is 2.63 bits per heavy atom. The molecule has 1 aliphatic rings. The van der Waals surface area contributed by atoms with E-state index in [0.29, 0.717) is 12.0 Å². The molecule has 1 aromatic carbocycles. The summed E-state index contributed by atoms with van der Waals surface area (Å²) in [5.74, 6) is -0.0443. The lowest BCUT2D eigenvalue weighted by atomic mass is 9.97. The first kappa shape index (κ1) is 21.9. The van der Waals surface area contributed by atoms with E-state index in [-0.39, 0.29) is 11.7 Å². The zero-order valence-corrected chi connectivity index (χ0v) is 18.1. The maximum absolute atomic E-state index is 12.4. The van der Waals surface area contributed by atoms with E-state index in [1.807, 2.05) is 17.9 Å². The molecule has 162 valence electrons. The van der Waals surface area contributed by atoms with E-state index in [9.17, 15) is 14.7 Å². The van der Waals surface area contributed by atoms with Gasteiger partial charge in [-0.3, -0.25) is 9.59 Å². The van der Waals surface area contributed by atoms with Crippen molar-refractivity contribution in [3.05, 3.63) is 41.2 Å². The van der Waals surface area contributed by atoms with Crippen molar-refractivity contribution in [2.24, 2.45) is 5.73 Å². The van der Waals surface area contributed by atoms with Gasteiger partial charge in [-0.05, 0) is 50.3 Å². The number of nitrogens with two attached hydrogens (primary N) is 1. The van der Waals surface area contributed by atoms with Crippen LogP contribution >= 0.6 is 0 Å². The van der Waals surface area contributed by atoms with Gasteiger partial charge in [-0.25, -0.2) is 0 Å². The van der Waals surface area contributed by atoms with Gasteiger partial charge in [-0.2, -0.15) is 0 Å². The summed E-state index contributed by atoms with van der Waals surface area (Å²) in [6.07, 6.45) is 6.51. The number of benzene rings is 1. The number of likely N-dealkylation sites (tertiary alicyclic amines) is 1. The number of aromatic hydroxyl groups is 1. The van der Waals surface area contributed by atoms with Gasteiger partial charge in [0, 0.05) is 43.0 Å². The molecule has 0 radical (unpaired) electrons. The number of phenolic OH excluding ortho intramolecular Hbond substituents is 1. The van der Waals surface area contributed by atoms with Crippen molar-refractivity contribution >= 4 is 11.8 Å². The molecule has 1 aromatic heterocycles. The monoisotopic (exact) mass is 411 g/mol. The molecule has 3 rings (SSSR count). The number of primary amides is 1. The van der Waals surface area contributed by atoms with Crippen molar-refractivity contribution in [3.63, 3.8) is 0 Å². The second kappa shape index (κ2) is 9.83. The van der Waals surface area contributed by atoms with Crippen molar-refractivity contribution in [2.45, 2.75) is 65.3 Å². The molecule has 0 aliphatic carbocycles. The Kier molecular flexibility index (Phi) is 7.19. The van der Waals surface area contributed by atoms with Crippen LogP contribution in [0.4, 0.5) is 0 Å². The van der Waals surface area contributed by atoms with E-state index in [1.165, 1.54) is 0 Å².